The summed E-state index contributed by atoms with van der Waals surface area (Å²) in [5, 5.41) is 8.47. The molecule has 0 rings (SSSR count). The van der Waals surface area contributed by atoms with Crippen molar-refractivity contribution in [1.82, 2.24) is 0 Å². The van der Waals surface area contributed by atoms with Gasteiger partial charge < -0.3 is 9.84 Å². The molecule has 0 aliphatic carbocycles. The number of carboxylic acid groups (broad SMARTS) is 1. The highest BCUT2D eigenvalue weighted by Gasteiger charge is 2.12. The average molecular weight is 258 g/mol. The van der Waals surface area contributed by atoms with E-state index in [1.807, 2.05) is 6.92 Å². The van der Waals surface area contributed by atoms with Crippen molar-refractivity contribution in [1.29, 1.82) is 0 Å². The number of unbranched alkanes of at least 4 members (excludes halogenated alkanes) is 3. The lowest BCUT2D eigenvalue weighted by Gasteiger charge is -2.15. The second kappa shape index (κ2) is 11.1. The molecule has 18 heavy (non-hydrogen) atoms. The van der Waals surface area contributed by atoms with Crippen LogP contribution in [0.15, 0.2) is 0 Å². The van der Waals surface area contributed by atoms with Gasteiger partial charge in [-0.25, -0.2) is 0 Å². The van der Waals surface area contributed by atoms with Gasteiger partial charge in [0.05, 0.1) is 0 Å². The summed E-state index contributed by atoms with van der Waals surface area (Å²) in [7, 11) is 0. The monoisotopic (exact) mass is 258 g/mol. The maximum absolute atomic E-state index is 11.5. The van der Waals surface area contributed by atoms with E-state index in [1.54, 1.807) is 0 Å². The molecular formula is C14H26O4. The number of hydrogen-bond acceptors (Lipinski definition) is 3. The van der Waals surface area contributed by atoms with Crippen LogP contribution in [0.2, 0.25) is 0 Å². The smallest absolute Gasteiger partial charge is 0.306 e. The van der Waals surface area contributed by atoms with Crippen LogP contribution in [0.25, 0.3) is 0 Å². The van der Waals surface area contributed by atoms with Gasteiger partial charge in [0.1, 0.15) is 6.10 Å². The zero-order chi connectivity index (χ0) is 13.8. The Labute approximate surface area is 110 Å². The molecule has 0 amide bonds. The number of carbonyl (C=O) groups excluding carboxylic acids is 1. The molecule has 1 atom stereocenters. The molecule has 0 heterocycles. The van der Waals surface area contributed by atoms with Gasteiger partial charge in [-0.3, -0.25) is 9.59 Å². The molecule has 0 aromatic carbocycles. The number of rotatable bonds is 11. The van der Waals surface area contributed by atoms with Crippen LogP contribution in [0.1, 0.15) is 71.6 Å². The van der Waals surface area contributed by atoms with E-state index in [-0.39, 0.29) is 18.5 Å². The Bertz CT molecular complexity index is 238. The van der Waals surface area contributed by atoms with E-state index in [0.717, 1.165) is 19.3 Å². The highest BCUT2D eigenvalue weighted by Crippen LogP contribution is 2.12. The van der Waals surface area contributed by atoms with Crippen LogP contribution in [0.3, 0.4) is 0 Å². The van der Waals surface area contributed by atoms with Crippen LogP contribution in [-0.4, -0.2) is 23.1 Å². The van der Waals surface area contributed by atoms with Crippen molar-refractivity contribution < 1.29 is 19.4 Å². The summed E-state index contributed by atoms with van der Waals surface area (Å²) in [6, 6.07) is 0. The van der Waals surface area contributed by atoms with Crippen molar-refractivity contribution in [2.24, 2.45) is 0 Å². The molecule has 4 nitrogen and oxygen atoms in total. The summed E-state index contributed by atoms with van der Waals surface area (Å²) in [6.07, 6.45) is 6.85. The van der Waals surface area contributed by atoms with Gasteiger partial charge in [-0.1, -0.05) is 26.7 Å². The maximum atomic E-state index is 11.5. The zero-order valence-corrected chi connectivity index (χ0v) is 11.6. The van der Waals surface area contributed by atoms with Gasteiger partial charge in [-0.2, -0.15) is 0 Å². The van der Waals surface area contributed by atoms with Crippen LogP contribution < -0.4 is 0 Å². The van der Waals surface area contributed by atoms with Gasteiger partial charge in [0.2, 0.25) is 0 Å². The van der Waals surface area contributed by atoms with Crippen molar-refractivity contribution >= 4 is 11.9 Å². The molecule has 4 heteroatoms. The van der Waals surface area contributed by atoms with E-state index in [0.29, 0.717) is 19.3 Å². The molecule has 1 N–H and O–H groups in total. The van der Waals surface area contributed by atoms with Crippen LogP contribution in [0.4, 0.5) is 0 Å². The summed E-state index contributed by atoms with van der Waals surface area (Å²) < 4.78 is 5.37. The molecule has 0 bridgehead atoms. The van der Waals surface area contributed by atoms with Crippen molar-refractivity contribution in [3.05, 3.63) is 0 Å². The summed E-state index contributed by atoms with van der Waals surface area (Å²) in [4.78, 5) is 21.8. The summed E-state index contributed by atoms with van der Waals surface area (Å²) in [5.41, 5.74) is 0. The van der Waals surface area contributed by atoms with Crippen LogP contribution >= 0.6 is 0 Å². The molecule has 106 valence electrons. The second-order valence-electron chi connectivity index (χ2n) is 4.62. The number of ether oxygens (including phenoxy) is 1. The molecule has 0 saturated heterocycles. The molecule has 0 spiro atoms. The van der Waals surface area contributed by atoms with E-state index in [4.69, 9.17) is 9.84 Å². The SMILES string of the molecule is CCCCCC(CC)OC(=O)CCCCC(=O)O. The Morgan fingerprint density at radius 1 is 1.06 bits per heavy atom. The van der Waals surface area contributed by atoms with Crippen molar-refractivity contribution in [2.75, 3.05) is 0 Å². The Hall–Kier alpha value is -1.06. The van der Waals surface area contributed by atoms with Gasteiger partial charge in [0.25, 0.3) is 0 Å². The highest BCUT2D eigenvalue weighted by molar-refractivity contribution is 5.70. The van der Waals surface area contributed by atoms with Crippen molar-refractivity contribution in [2.45, 2.75) is 77.7 Å². The molecule has 0 radical (unpaired) electrons. The Balaban J connectivity index is 3.65. The predicted octanol–water partition coefficient (Wildman–Crippen LogP) is 3.53. The average Bonchev–Trinajstić information content (AvgIpc) is 2.33. The maximum Gasteiger partial charge on any atom is 0.306 e. The Morgan fingerprint density at radius 3 is 2.28 bits per heavy atom. The summed E-state index contributed by atoms with van der Waals surface area (Å²) >= 11 is 0. The number of carboxylic acids is 1. The minimum Gasteiger partial charge on any atom is -0.481 e. The zero-order valence-electron chi connectivity index (χ0n) is 11.6. The van der Waals surface area contributed by atoms with E-state index in [2.05, 4.69) is 6.92 Å². The minimum atomic E-state index is -0.811. The van der Waals surface area contributed by atoms with Crippen molar-refractivity contribution in [3.8, 4) is 0 Å². The first kappa shape index (κ1) is 16.9. The minimum absolute atomic E-state index is 0.0310. The van der Waals surface area contributed by atoms with Crippen LogP contribution in [0.5, 0.6) is 0 Å². The normalized spacial score (nSPS) is 12.1. The standard InChI is InChI=1S/C14H26O4/c1-3-5-6-9-12(4-2)18-14(17)11-8-7-10-13(15)16/h12H,3-11H2,1-2H3,(H,15,16). The van der Waals surface area contributed by atoms with Crippen LogP contribution in [0, 0.1) is 0 Å². The molecular weight excluding hydrogens is 232 g/mol. The quantitative estimate of drug-likeness (QED) is 0.455. The first-order valence-electron chi connectivity index (χ1n) is 7.01. The lowest BCUT2D eigenvalue weighted by molar-refractivity contribution is -0.150. The molecule has 0 aromatic heterocycles. The van der Waals surface area contributed by atoms with E-state index >= 15 is 0 Å². The van der Waals surface area contributed by atoms with Gasteiger partial charge in [-0.05, 0) is 32.1 Å². The van der Waals surface area contributed by atoms with Gasteiger partial charge >= 0.3 is 11.9 Å². The third-order valence-electron chi connectivity index (χ3n) is 2.90. The first-order valence-corrected chi connectivity index (χ1v) is 7.01. The molecule has 1 unspecified atom stereocenters. The largest absolute Gasteiger partial charge is 0.481 e. The highest BCUT2D eigenvalue weighted by atomic mass is 16.5. The Morgan fingerprint density at radius 2 is 1.72 bits per heavy atom. The van der Waals surface area contributed by atoms with Crippen LogP contribution in [-0.2, 0) is 14.3 Å². The predicted molar refractivity (Wildman–Crippen MR) is 70.4 cm³/mol. The molecule has 0 aliphatic rings. The van der Waals surface area contributed by atoms with Gasteiger partial charge in [-0.15, -0.1) is 0 Å². The van der Waals surface area contributed by atoms with E-state index in [9.17, 15) is 9.59 Å². The molecule has 0 aliphatic heterocycles. The number of aliphatic carboxylic acids is 1. The van der Waals surface area contributed by atoms with Gasteiger partial charge in [0.15, 0.2) is 0 Å². The summed E-state index contributed by atoms with van der Waals surface area (Å²) in [6.45, 7) is 4.17. The third-order valence-corrected chi connectivity index (χ3v) is 2.90. The fraction of sp³-hybridized carbons (Fsp3) is 0.857. The van der Waals surface area contributed by atoms with Crippen molar-refractivity contribution in [3.63, 3.8) is 0 Å². The lowest BCUT2D eigenvalue weighted by atomic mass is 10.1. The third kappa shape index (κ3) is 10.1. The second-order valence-corrected chi connectivity index (χ2v) is 4.62. The number of hydrogen-bond donors (Lipinski definition) is 1. The van der Waals surface area contributed by atoms with Gasteiger partial charge in [0, 0.05) is 12.8 Å². The fourth-order valence-electron chi connectivity index (χ4n) is 1.76. The lowest BCUT2D eigenvalue weighted by Crippen LogP contribution is -2.17. The molecule has 0 fully saturated rings. The first-order chi connectivity index (χ1) is 8.60. The number of carbonyl (C=O) groups is 2. The molecule has 0 saturated carbocycles. The number of esters is 1. The topological polar surface area (TPSA) is 63.6 Å². The van der Waals surface area contributed by atoms with E-state index < -0.39 is 5.97 Å². The molecule has 0 aromatic rings. The fourth-order valence-corrected chi connectivity index (χ4v) is 1.76. The van der Waals surface area contributed by atoms with E-state index in [1.165, 1.54) is 12.8 Å². The summed E-state index contributed by atoms with van der Waals surface area (Å²) in [5.74, 6) is -1.00. The Kier molecular flexibility index (Phi) is 10.4.